The average Bonchev–Trinajstić information content (AvgIpc) is 2.50. The lowest BCUT2D eigenvalue weighted by molar-refractivity contribution is 0.410. The minimum atomic E-state index is -3.54. The first-order valence-electron chi connectivity index (χ1n) is 6.99. The Labute approximate surface area is 131 Å². The van der Waals surface area contributed by atoms with Crippen LogP contribution in [0, 0.1) is 13.8 Å². The number of pyridine rings is 1. The molecule has 22 heavy (non-hydrogen) atoms. The van der Waals surface area contributed by atoms with Crippen molar-refractivity contribution >= 4 is 10.0 Å². The molecule has 6 heteroatoms. The van der Waals surface area contributed by atoms with Crippen molar-refractivity contribution in [1.82, 2.24) is 9.71 Å². The molecule has 0 saturated heterocycles. The van der Waals surface area contributed by atoms with Gasteiger partial charge in [-0.2, -0.15) is 0 Å². The van der Waals surface area contributed by atoms with Gasteiger partial charge < -0.3 is 4.74 Å². The van der Waals surface area contributed by atoms with Crippen molar-refractivity contribution < 1.29 is 13.2 Å². The van der Waals surface area contributed by atoms with Crippen LogP contribution in [-0.2, 0) is 16.4 Å². The first-order valence-corrected chi connectivity index (χ1v) is 8.48. The third-order valence-electron chi connectivity index (χ3n) is 3.60. The molecule has 0 radical (unpaired) electrons. The minimum absolute atomic E-state index is 0.284. The normalized spacial score (nSPS) is 11.4. The summed E-state index contributed by atoms with van der Waals surface area (Å²) in [5.74, 6) is 0.685. The highest BCUT2D eigenvalue weighted by molar-refractivity contribution is 7.89. The van der Waals surface area contributed by atoms with E-state index < -0.39 is 10.0 Å². The number of hydrogen-bond donors (Lipinski definition) is 1. The quantitative estimate of drug-likeness (QED) is 0.886. The predicted molar refractivity (Wildman–Crippen MR) is 85.6 cm³/mol. The lowest BCUT2D eigenvalue weighted by atomic mass is 10.1. The summed E-state index contributed by atoms with van der Waals surface area (Å²) >= 11 is 0. The molecule has 0 fully saturated rings. The van der Waals surface area contributed by atoms with Gasteiger partial charge in [-0.3, -0.25) is 4.98 Å². The van der Waals surface area contributed by atoms with Gasteiger partial charge in [0.2, 0.25) is 10.0 Å². The van der Waals surface area contributed by atoms with Gasteiger partial charge in [0, 0.05) is 24.9 Å². The van der Waals surface area contributed by atoms with Gasteiger partial charge in [0.05, 0.1) is 12.0 Å². The van der Waals surface area contributed by atoms with Crippen molar-refractivity contribution in [2.24, 2.45) is 0 Å². The maximum atomic E-state index is 12.4. The molecular weight excluding hydrogens is 300 g/mol. The summed E-state index contributed by atoms with van der Waals surface area (Å²) in [4.78, 5) is 4.46. The summed E-state index contributed by atoms with van der Waals surface area (Å²) in [6.07, 6.45) is 2.25. The fourth-order valence-electron chi connectivity index (χ4n) is 2.22. The van der Waals surface area contributed by atoms with Crippen molar-refractivity contribution in [3.05, 3.63) is 53.3 Å². The second-order valence-electron chi connectivity index (χ2n) is 4.98. The van der Waals surface area contributed by atoms with E-state index in [1.54, 1.807) is 32.4 Å². The molecule has 0 aliphatic carbocycles. The number of hydrogen-bond acceptors (Lipinski definition) is 4. The molecule has 0 aliphatic heterocycles. The summed E-state index contributed by atoms with van der Waals surface area (Å²) in [7, 11) is -1.97. The number of aromatic nitrogens is 1. The number of ether oxygens (including phenoxy) is 1. The smallest absolute Gasteiger partial charge is 0.240 e. The maximum Gasteiger partial charge on any atom is 0.240 e. The van der Waals surface area contributed by atoms with Crippen molar-refractivity contribution in [1.29, 1.82) is 0 Å². The van der Waals surface area contributed by atoms with E-state index in [4.69, 9.17) is 4.74 Å². The zero-order chi connectivity index (χ0) is 16.2. The molecule has 1 aromatic carbocycles. The van der Waals surface area contributed by atoms with E-state index >= 15 is 0 Å². The van der Waals surface area contributed by atoms with Crippen LogP contribution in [0.1, 0.15) is 16.8 Å². The van der Waals surface area contributed by atoms with Crippen molar-refractivity contribution in [3.8, 4) is 5.75 Å². The second-order valence-corrected chi connectivity index (χ2v) is 6.72. The summed E-state index contributed by atoms with van der Waals surface area (Å²) in [6.45, 7) is 3.94. The van der Waals surface area contributed by atoms with Gasteiger partial charge in [-0.15, -0.1) is 0 Å². The van der Waals surface area contributed by atoms with Gasteiger partial charge in [0.1, 0.15) is 5.75 Å². The average molecular weight is 320 g/mol. The Morgan fingerprint density at radius 1 is 1.14 bits per heavy atom. The van der Waals surface area contributed by atoms with E-state index in [1.165, 1.54) is 0 Å². The molecule has 0 spiro atoms. The van der Waals surface area contributed by atoms with E-state index in [0.717, 1.165) is 11.3 Å². The monoisotopic (exact) mass is 320 g/mol. The Kier molecular flexibility index (Phi) is 5.15. The standard InChI is InChI=1S/C16H20N2O3S/c1-12-13(2)16(8-7-15(12)21-3)22(19,20)18-11-9-14-6-4-5-10-17-14/h4-8,10,18H,9,11H2,1-3H3. The second kappa shape index (κ2) is 6.89. The molecule has 0 unspecified atom stereocenters. The van der Waals surface area contributed by atoms with Gasteiger partial charge in [0.15, 0.2) is 0 Å². The number of nitrogens with one attached hydrogen (secondary N) is 1. The fraction of sp³-hybridized carbons (Fsp3) is 0.312. The SMILES string of the molecule is COc1ccc(S(=O)(=O)NCCc2ccccn2)c(C)c1C. The van der Waals surface area contributed by atoms with Gasteiger partial charge >= 0.3 is 0 Å². The van der Waals surface area contributed by atoms with Crippen LogP contribution in [0.15, 0.2) is 41.4 Å². The van der Waals surface area contributed by atoms with Gasteiger partial charge in [-0.05, 0) is 49.2 Å². The van der Waals surface area contributed by atoms with Crippen LogP contribution in [0.25, 0.3) is 0 Å². The van der Waals surface area contributed by atoms with Crippen LogP contribution in [0.2, 0.25) is 0 Å². The predicted octanol–water partition coefficient (Wildman–Crippen LogP) is 2.23. The molecule has 1 N–H and O–H groups in total. The van der Waals surface area contributed by atoms with Crippen LogP contribution in [0.3, 0.4) is 0 Å². The Hall–Kier alpha value is -1.92. The van der Waals surface area contributed by atoms with Crippen LogP contribution >= 0.6 is 0 Å². The molecule has 5 nitrogen and oxygen atoms in total. The Morgan fingerprint density at radius 2 is 1.91 bits per heavy atom. The zero-order valence-electron chi connectivity index (χ0n) is 13.0. The van der Waals surface area contributed by atoms with Crippen molar-refractivity contribution in [3.63, 3.8) is 0 Å². The highest BCUT2D eigenvalue weighted by Gasteiger charge is 2.19. The molecule has 0 aliphatic rings. The Bertz CT molecular complexity index is 743. The fourth-order valence-corrected chi connectivity index (χ4v) is 3.55. The van der Waals surface area contributed by atoms with Gasteiger partial charge in [-0.25, -0.2) is 13.1 Å². The highest BCUT2D eigenvalue weighted by atomic mass is 32.2. The first-order chi connectivity index (χ1) is 10.5. The molecule has 1 aromatic heterocycles. The van der Waals surface area contributed by atoms with Crippen LogP contribution in [0.5, 0.6) is 5.75 Å². The lowest BCUT2D eigenvalue weighted by Gasteiger charge is -2.13. The molecule has 0 bridgehead atoms. The number of rotatable bonds is 6. The number of nitrogens with zero attached hydrogens (tertiary/aromatic N) is 1. The number of benzene rings is 1. The number of sulfonamides is 1. The first kappa shape index (κ1) is 16.5. The minimum Gasteiger partial charge on any atom is -0.496 e. The molecule has 118 valence electrons. The Balaban J connectivity index is 2.12. The summed E-state index contributed by atoms with van der Waals surface area (Å²) in [5.41, 5.74) is 2.38. The summed E-state index contributed by atoms with van der Waals surface area (Å²) < 4.78 is 32.7. The third-order valence-corrected chi connectivity index (χ3v) is 5.20. The molecule has 2 rings (SSSR count). The van der Waals surface area contributed by atoms with E-state index in [9.17, 15) is 8.42 Å². The van der Waals surface area contributed by atoms with Crippen LogP contribution in [-0.4, -0.2) is 27.1 Å². The van der Waals surface area contributed by atoms with Gasteiger partial charge in [-0.1, -0.05) is 6.07 Å². The zero-order valence-corrected chi connectivity index (χ0v) is 13.8. The molecule has 0 amide bonds. The van der Waals surface area contributed by atoms with E-state index in [2.05, 4.69) is 9.71 Å². The molecule has 1 heterocycles. The van der Waals surface area contributed by atoms with E-state index in [-0.39, 0.29) is 4.90 Å². The lowest BCUT2D eigenvalue weighted by Crippen LogP contribution is -2.27. The molecule has 0 saturated carbocycles. The molecular formula is C16H20N2O3S. The van der Waals surface area contributed by atoms with E-state index in [0.29, 0.717) is 24.3 Å². The number of methoxy groups -OCH3 is 1. The Morgan fingerprint density at radius 3 is 2.55 bits per heavy atom. The third kappa shape index (κ3) is 3.64. The summed E-state index contributed by atoms with van der Waals surface area (Å²) in [6, 6.07) is 8.84. The van der Waals surface area contributed by atoms with E-state index in [1.807, 2.05) is 25.1 Å². The van der Waals surface area contributed by atoms with Gasteiger partial charge in [0.25, 0.3) is 0 Å². The van der Waals surface area contributed by atoms with Crippen molar-refractivity contribution in [2.75, 3.05) is 13.7 Å². The van der Waals surface area contributed by atoms with Crippen LogP contribution < -0.4 is 9.46 Å². The maximum absolute atomic E-state index is 12.4. The molecule has 2 aromatic rings. The highest BCUT2D eigenvalue weighted by Crippen LogP contribution is 2.26. The van der Waals surface area contributed by atoms with Crippen molar-refractivity contribution in [2.45, 2.75) is 25.2 Å². The molecule has 0 atom stereocenters. The summed E-state index contributed by atoms with van der Waals surface area (Å²) in [5, 5.41) is 0. The topological polar surface area (TPSA) is 68.3 Å². The van der Waals surface area contributed by atoms with Crippen LogP contribution in [0.4, 0.5) is 0 Å². The largest absolute Gasteiger partial charge is 0.496 e.